The van der Waals surface area contributed by atoms with Gasteiger partial charge in [0.1, 0.15) is 16.6 Å². The van der Waals surface area contributed by atoms with Gasteiger partial charge in [-0.05, 0) is 31.5 Å². The maximum Gasteiger partial charge on any atom is 0.280 e. The molecular formula is C25H24N3S3+. The molecule has 2 aliphatic rings. The zero-order valence-corrected chi connectivity index (χ0v) is 20.0. The molecule has 156 valence electrons. The van der Waals surface area contributed by atoms with Crippen LogP contribution < -0.4 is 9.88 Å². The van der Waals surface area contributed by atoms with Gasteiger partial charge in [-0.3, -0.25) is 0 Å². The number of benzene rings is 2. The van der Waals surface area contributed by atoms with Crippen molar-refractivity contribution in [2.75, 3.05) is 11.9 Å². The number of nitrogens with zero attached hydrogens (tertiary/aromatic N) is 2. The van der Waals surface area contributed by atoms with Crippen molar-refractivity contribution >= 4 is 55.7 Å². The summed E-state index contributed by atoms with van der Waals surface area (Å²) in [4.78, 5) is 5.30. The van der Waals surface area contributed by atoms with E-state index in [9.17, 15) is 0 Å². The molecule has 2 aliphatic heterocycles. The maximum atomic E-state index is 3.73. The maximum absolute atomic E-state index is 3.73. The lowest BCUT2D eigenvalue weighted by Gasteiger charge is -2.24. The highest BCUT2D eigenvalue weighted by Crippen LogP contribution is 2.53. The van der Waals surface area contributed by atoms with E-state index in [2.05, 4.69) is 95.4 Å². The highest BCUT2D eigenvalue weighted by molar-refractivity contribution is 8.04. The number of aromatic nitrogens is 1. The number of fused-ring (bicyclic) bond motifs is 4. The van der Waals surface area contributed by atoms with Gasteiger partial charge in [-0.15, -0.1) is 0 Å². The molecule has 1 fully saturated rings. The summed E-state index contributed by atoms with van der Waals surface area (Å²) in [5.41, 5.74) is 4.02. The number of thiophene rings is 1. The predicted octanol–water partition coefficient (Wildman–Crippen LogP) is 6.80. The van der Waals surface area contributed by atoms with Crippen LogP contribution in [0.3, 0.4) is 0 Å². The fourth-order valence-electron chi connectivity index (χ4n) is 4.66. The van der Waals surface area contributed by atoms with Gasteiger partial charge in [-0.1, -0.05) is 83.0 Å². The van der Waals surface area contributed by atoms with Crippen LogP contribution in [0.4, 0.5) is 5.69 Å². The number of aryl methyl sites for hydroxylation is 1. The predicted molar refractivity (Wildman–Crippen MR) is 136 cm³/mol. The fourth-order valence-corrected chi connectivity index (χ4v) is 8.78. The molecule has 0 bridgehead atoms. The molecule has 2 unspecified atom stereocenters. The van der Waals surface area contributed by atoms with Gasteiger partial charge in [-0.25, -0.2) is 0 Å². The largest absolute Gasteiger partial charge is 0.371 e. The van der Waals surface area contributed by atoms with Crippen LogP contribution in [0.15, 0.2) is 65.7 Å². The number of nitrogens with one attached hydrogen (secondary N) is 1. The van der Waals surface area contributed by atoms with Gasteiger partial charge in [0.15, 0.2) is 0 Å². The van der Waals surface area contributed by atoms with Crippen molar-refractivity contribution in [3.05, 3.63) is 76.3 Å². The lowest BCUT2D eigenvalue weighted by atomic mass is 10.1. The summed E-state index contributed by atoms with van der Waals surface area (Å²) < 4.78 is 3.86. The molecule has 2 aromatic heterocycles. The molecule has 0 saturated carbocycles. The molecule has 31 heavy (non-hydrogen) atoms. The lowest BCUT2D eigenvalue weighted by Crippen LogP contribution is -2.33. The second-order valence-electron chi connectivity index (χ2n) is 7.81. The van der Waals surface area contributed by atoms with Gasteiger partial charge in [0, 0.05) is 22.7 Å². The zero-order valence-electron chi connectivity index (χ0n) is 17.5. The fraction of sp³-hybridized carbons (Fsp3) is 0.240. The summed E-state index contributed by atoms with van der Waals surface area (Å²) in [6.45, 7) is 6.52. The van der Waals surface area contributed by atoms with Gasteiger partial charge in [-0.2, -0.15) is 4.57 Å². The molecule has 0 amide bonds. The van der Waals surface area contributed by atoms with Crippen LogP contribution in [-0.2, 0) is 6.54 Å². The molecule has 2 atom stereocenters. The number of thioether (sulfide) groups is 1. The Bertz CT molecular complexity index is 1290. The van der Waals surface area contributed by atoms with Gasteiger partial charge < -0.3 is 10.2 Å². The molecule has 6 heteroatoms. The average Bonchev–Trinajstić information content (AvgIpc) is 3.52. The Morgan fingerprint density at radius 3 is 2.65 bits per heavy atom. The second kappa shape index (κ2) is 7.69. The first kappa shape index (κ1) is 19.4. The Kier molecular flexibility index (Phi) is 4.82. The van der Waals surface area contributed by atoms with Gasteiger partial charge in [0.2, 0.25) is 0 Å². The minimum atomic E-state index is 0.393. The van der Waals surface area contributed by atoms with Crippen LogP contribution in [0.1, 0.15) is 30.5 Å². The van der Waals surface area contributed by atoms with Crippen LogP contribution in [0.5, 0.6) is 0 Å². The van der Waals surface area contributed by atoms with E-state index in [0.717, 1.165) is 13.1 Å². The Balaban J connectivity index is 1.38. The molecule has 6 rings (SSSR count). The van der Waals surface area contributed by atoms with Crippen LogP contribution in [0.2, 0.25) is 0 Å². The minimum absolute atomic E-state index is 0.393. The number of hydrogen-bond acceptors (Lipinski definition) is 5. The van der Waals surface area contributed by atoms with E-state index in [1.807, 2.05) is 34.4 Å². The third-order valence-electron chi connectivity index (χ3n) is 6.10. The molecule has 4 heterocycles. The molecule has 1 N–H and O–H groups in total. The Labute approximate surface area is 195 Å². The van der Waals surface area contributed by atoms with Crippen LogP contribution >= 0.6 is 34.4 Å². The number of para-hydroxylation sites is 1. The van der Waals surface area contributed by atoms with Crippen molar-refractivity contribution in [2.24, 2.45) is 0 Å². The van der Waals surface area contributed by atoms with E-state index in [1.54, 1.807) is 0 Å². The SMILES string of the molecule is CCN1/C(=C/c2sc3cc(-c4ccccc4)sc3[n+]2CC)SC2Nc3ccccc3C21. The summed E-state index contributed by atoms with van der Waals surface area (Å²) >= 11 is 5.79. The summed E-state index contributed by atoms with van der Waals surface area (Å²) in [6.07, 6.45) is 2.42. The van der Waals surface area contributed by atoms with E-state index >= 15 is 0 Å². The number of hydrogen-bond donors (Lipinski definition) is 1. The van der Waals surface area contributed by atoms with Crippen molar-refractivity contribution in [1.29, 1.82) is 0 Å². The number of anilines is 1. The summed E-state index contributed by atoms with van der Waals surface area (Å²) in [5, 5.41) is 6.84. The summed E-state index contributed by atoms with van der Waals surface area (Å²) in [7, 11) is 0. The van der Waals surface area contributed by atoms with Crippen molar-refractivity contribution in [1.82, 2.24) is 4.90 Å². The van der Waals surface area contributed by atoms with Crippen LogP contribution in [0, 0.1) is 0 Å². The van der Waals surface area contributed by atoms with Crippen molar-refractivity contribution in [3.63, 3.8) is 0 Å². The van der Waals surface area contributed by atoms with Crippen molar-refractivity contribution in [2.45, 2.75) is 31.8 Å². The highest BCUT2D eigenvalue weighted by atomic mass is 32.2. The average molecular weight is 463 g/mol. The van der Waals surface area contributed by atoms with E-state index in [4.69, 9.17) is 0 Å². The summed E-state index contributed by atoms with van der Waals surface area (Å²) in [6, 6.07) is 22.3. The molecular weight excluding hydrogens is 438 g/mol. The first-order valence-corrected chi connectivity index (χ1v) is 13.3. The van der Waals surface area contributed by atoms with Crippen LogP contribution in [-0.4, -0.2) is 16.8 Å². The molecule has 1 saturated heterocycles. The van der Waals surface area contributed by atoms with Crippen molar-refractivity contribution in [3.8, 4) is 10.4 Å². The second-order valence-corrected chi connectivity index (χ2v) is 11.1. The molecule has 0 aliphatic carbocycles. The molecule has 4 aromatic rings. The van der Waals surface area contributed by atoms with Gasteiger partial charge >= 0.3 is 0 Å². The van der Waals surface area contributed by atoms with Crippen molar-refractivity contribution < 1.29 is 4.57 Å². The van der Waals surface area contributed by atoms with Crippen LogP contribution in [0.25, 0.3) is 26.0 Å². The smallest absolute Gasteiger partial charge is 0.280 e. The molecule has 3 nitrogen and oxygen atoms in total. The first-order valence-electron chi connectivity index (χ1n) is 10.8. The number of rotatable bonds is 4. The molecule has 2 aromatic carbocycles. The van der Waals surface area contributed by atoms with E-state index in [1.165, 1.54) is 41.3 Å². The zero-order chi connectivity index (χ0) is 20.9. The minimum Gasteiger partial charge on any atom is -0.371 e. The highest BCUT2D eigenvalue weighted by Gasteiger charge is 2.44. The van der Waals surface area contributed by atoms with E-state index < -0.39 is 0 Å². The quantitative estimate of drug-likeness (QED) is 0.337. The standard InChI is InChI=1S/C25H24N3S3/c1-3-27-21(31-24-23(27)17-12-8-9-13-18(17)26-24)15-22-28(4-2)25-20(29-22)14-19(30-25)16-10-6-5-7-11-16/h5-15,23-24,26H,3-4H2,1-2H3/q+1. The lowest BCUT2D eigenvalue weighted by molar-refractivity contribution is -0.663. The Morgan fingerprint density at radius 1 is 1.03 bits per heavy atom. The number of likely N-dealkylation sites (N-methyl/N-ethyl adjacent to an activating group) is 1. The Hall–Kier alpha value is -2.28. The normalized spacial score (nSPS) is 21.0. The third-order valence-corrected chi connectivity index (χ3v) is 9.74. The third kappa shape index (κ3) is 3.12. The summed E-state index contributed by atoms with van der Waals surface area (Å²) in [5.74, 6) is 0. The molecule has 0 radical (unpaired) electrons. The topological polar surface area (TPSA) is 19.1 Å². The monoisotopic (exact) mass is 462 g/mol. The van der Waals surface area contributed by atoms with Gasteiger partial charge in [0.05, 0.1) is 17.1 Å². The Morgan fingerprint density at radius 2 is 1.84 bits per heavy atom. The first-order chi connectivity index (χ1) is 15.3. The molecule has 0 spiro atoms. The van der Waals surface area contributed by atoms with E-state index in [0.29, 0.717) is 11.4 Å². The number of thiazole rings is 1. The van der Waals surface area contributed by atoms with E-state index in [-0.39, 0.29) is 0 Å². The van der Waals surface area contributed by atoms with Gasteiger partial charge in [0.25, 0.3) is 9.84 Å².